The van der Waals surface area contributed by atoms with E-state index < -0.39 is 0 Å². The Morgan fingerprint density at radius 2 is 1.90 bits per heavy atom. The molecule has 0 unspecified atom stereocenters. The van der Waals surface area contributed by atoms with E-state index in [1.807, 2.05) is 26.0 Å². The molecule has 5 heteroatoms. The first-order chi connectivity index (χ1) is 13.8. The second-order valence-corrected chi connectivity index (χ2v) is 7.45. The summed E-state index contributed by atoms with van der Waals surface area (Å²) in [5.74, 6) is 0. The Hall–Kier alpha value is -2.77. The lowest BCUT2D eigenvalue weighted by molar-refractivity contribution is 0.933. The molecule has 0 bridgehead atoms. The van der Waals surface area contributed by atoms with Gasteiger partial charge in [0.05, 0.1) is 10.6 Å². The molecule has 0 saturated carbocycles. The van der Waals surface area contributed by atoms with Crippen LogP contribution in [0.3, 0.4) is 0 Å². The van der Waals surface area contributed by atoms with Crippen molar-refractivity contribution >= 4 is 34.3 Å². The summed E-state index contributed by atoms with van der Waals surface area (Å²) in [6.07, 6.45) is 0.996. The molecule has 2 rings (SSSR count). The third kappa shape index (κ3) is 5.19. The lowest BCUT2D eigenvalue weighted by Gasteiger charge is -2.26. The van der Waals surface area contributed by atoms with E-state index in [1.165, 1.54) is 0 Å². The zero-order valence-corrected chi connectivity index (χ0v) is 18.6. The predicted molar refractivity (Wildman–Crippen MR) is 125 cm³/mol. The van der Waals surface area contributed by atoms with E-state index in [9.17, 15) is 0 Å². The maximum absolute atomic E-state index is 9.15. The summed E-state index contributed by atoms with van der Waals surface area (Å²) in [7, 11) is 0. The highest BCUT2D eigenvalue weighted by atomic mass is 35.5. The van der Waals surface area contributed by atoms with Crippen LogP contribution in [0, 0.1) is 18.3 Å². The molecular formula is C24H29ClN4. The number of nitrogens with two attached hydrogens (primary N) is 1. The quantitative estimate of drug-likeness (QED) is 0.551. The number of allylic oxidation sites excluding steroid dienone is 2. The number of hydrogen-bond acceptors (Lipinski definition) is 4. The van der Waals surface area contributed by atoms with Gasteiger partial charge in [0.2, 0.25) is 0 Å². The van der Waals surface area contributed by atoms with Crippen molar-refractivity contribution in [1.29, 1.82) is 5.26 Å². The van der Waals surface area contributed by atoms with Gasteiger partial charge in [-0.05, 0) is 69.5 Å². The lowest BCUT2D eigenvalue weighted by Crippen LogP contribution is -2.18. The summed E-state index contributed by atoms with van der Waals surface area (Å²) in [4.78, 5) is 6.85. The molecule has 0 saturated heterocycles. The Bertz CT molecular complexity index is 979. The smallest absolute Gasteiger partial charge is 0.101 e. The van der Waals surface area contributed by atoms with Gasteiger partial charge in [-0.2, -0.15) is 5.26 Å². The monoisotopic (exact) mass is 408 g/mol. The predicted octanol–water partition coefficient (Wildman–Crippen LogP) is 6.24. The number of aryl methyl sites for hydroxylation is 1. The average molecular weight is 409 g/mol. The molecule has 2 N–H and O–H groups in total. The molecule has 4 nitrogen and oxygen atoms in total. The van der Waals surface area contributed by atoms with Gasteiger partial charge in [0.15, 0.2) is 0 Å². The number of nitriles is 1. The molecule has 152 valence electrons. The highest BCUT2D eigenvalue weighted by molar-refractivity contribution is 6.32. The highest BCUT2D eigenvalue weighted by Gasteiger charge is 2.15. The van der Waals surface area contributed by atoms with Crippen LogP contribution in [0.25, 0.3) is 5.57 Å². The van der Waals surface area contributed by atoms with Crippen LogP contribution in [0.4, 0.5) is 11.4 Å². The van der Waals surface area contributed by atoms with Crippen LogP contribution in [0.5, 0.6) is 0 Å². The van der Waals surface area contributed by atoms with E-state index in [2.05, 4.69) is 54.9 Å². The Balaban J connectivity index is 2.57. The number of hydrogen-bond donors (Lipinski definition) is 1. The number of halogens is 1. The van der Waals surface area contributed by atoms with Crippen molar-refractivity contribution in [1.82, 2.24) is 0 Å². The molecule has 0 aliphatic rings. The Kier molecular flexibility index (Phi) is 7.87. The molecule has 0 radical (unpaired) electrons. The standard InChI is InChI=1S/C24H29ClN4/c1-6-12-28-18(5)24(17(4)27)19-9-8-16(3)23(13-19)29(7-2)21-11-10-20(15-26)22(25)14-21/h8-11,13-14H,6-7,12,27H2,1-5H3. The third-order valence-electron chi connectivity index (χ3n) is 4.82. The van der Waals surface area contributed by atoms with Crippen molar-refractivity contribution in [3.8, 4) is 6.07 Å². The van der Waals surface area contributed by atoms with Gasteiger partial charge >= 0.3 is 0 Å². The van der Waals surface area contributed by atoms with Gasteiger partial charge in [0.1, 0.15) is 6.07 Å². The maximum atomic E-state index is 9.15. The topological polar surface area (TPSA) is 65.4 Å². The molecule has 2 aromatic rings. The minimum atomic E-state index is 0.457. The molecule has 0 aliphatic heterocycles. The van der Waals surface area contributed by atoms with Gasteiger partial charge in [0.25, 0.3) is 0 Å². The SMILES string of the molecule is CCCN=C(C)C(=C(C)N)c1ccc(C)c(N(CC)c2ccc(C#N)c(Cl)c2)c1. The average Bonchev–Trinajstić information content (AvgIpc) is 2.69. The molecule has 2 aromatic carbocycles. The summed E-state index contributed by atoms with van der Waals surface area (Å²) in [5.41, 5.74) is 13.6. The molecule has 0 aromatic heterocycles. The van der Waals surface area contributed by atoms with Gasteiger partial charge in [-0.25, -0.2) is 0 Å². The van der Waals surface area contributed by atoms with Crippen LogP contribution >= 0.6 is 11.6 Å². The first kappa shape index (κ1) is 22.5. The molecule has 0 amide bonds. The van der Waals surface area contributed by atoms with Crippen LogP contribution < -0.4 is 10.6 Å². The van der Waals surface area contributed by atoms with E-state index in [4.69, 9.17) is 22.6 Å². The van der Waals surface area contributed by atoms with Crippen molar-refractivity contribution in [3.63, 3.8) is 0 Å². The van der Waals surface area contributed by atoms with Crippen LogP contribution in [-0.2, 0) is 0 Å². The number of rotatable bonds is 7. The minimum absolute atomic E-state index is 0.457. The van der Waals surface area contributed by atoms with Gasteiger partial charge in [-0.3, -0.25) is 4.99 Å². The van der Waals surface area contributed by atoms with E-state index in [-0.39, 0.29) is 0 Å². The van der Waals surface area contributed by atoms with Crippen molar-refractivity contribution in [2.24, 2.45) is 10.7 Å². The molecule has 0 spiro atoms. The summed E-state index contributed by atoms with van der Waals surface area (Å²) in [5, 5.41) is 9.61. The molecule has 29 heavy (non-hydrogen) atoms. The van der Waals surface area contributed by atoms with Gasteiger partial charge < -0.3 is 10.6 Å². The molecule has 0 atom stereocenters. The van der Waals surface area contributed by atoms with Crippen LogP contribution in [0.2, 0.25) is 5.02 Å². The van der Waals surface area contributed by atoms with E-state index in [0.717, 1.165) is 59.0 Å². The molecule has 0 fully saturated rings. The fraction of sp³-hybridized carbons (Fsp3) is 0.333. The van der Waals surface area contributed by atoms with Crippen molar-refractivity contribution < 1.29 is 0 Å². The fourth-order valence-corrected chi connectivity index (χ4v) is 3.61. The summed E-state index contributed by atoms with van der Waals surface area (Å²) in [6, 6.07) is 14.0. The molecular weight excluding hydrogens is 380 g/mol. The number of benzene rings is 2. The van der Waals surface area contributed by atoms with Gasteiger partial charge in [0, 0.05) is 41.4 Å². The Morgan fingerprint density at radius 1 is 1.17 bits per heavy atom. The molecule has 0 aliphatic carbocycles. The lowest BCUT2D eigenvalue weighted by atomic mass is 9.97. The minimum Gasteiger partial charge on any atom is -0.402 e. The third-order valence-corrected chi connectivity index (χ3v) is 5.13. The maximum Gasteiger partial charge on any atom is 0.101 e. The Morgan fingerprint density at radius 3 is 2.45 bits per heavy atom. The summed E-state index contributed by atoms with van der Waals surface area (Å²) < 4.78 is 0. The van der Waals surface area contributed by atoms with Gasteiger partial charge in [-0.15, -0.1) is 0 Å². The first-order valence-electron chi connectivity index (χ1n) is 9.89. The van der Waals surface area contributed by atoms with Crippen molar-refractivity contribution in [2.75, 3.05) is 18.0 Å². The van der Waals surface area contributed by atoms with E-state index in [0.29, 0.717) is 10.6 Å². The van der Waals surface area contributed by atoms with E-state index in [1.54, 1.807) is 6.07 Å². The Labute approximate surface area is 179 Å². The van der Waals surface area contributed by atoms with Crippen molar-refractivity contribution in [2.45, 2.75) is 41.0 Å². The first-order valence-corrected chi connectivity index (χ1v) is 10.3. The number of aliphatic imine (C=N–C) groups is 1. The van der Waals surface area contributed by atoms with Crippen molar-refractivity contribution in [3.05, 3.63) is 63.8 Å². The summed E-state index contributed by atoms with van der Waals surface area (Å²) >= 11 is 6.28. The highest BCUT2D eigenvalue weighted by Crippen LogP contribution is 2.33. The number of nitrogens with zero attached hydrogens (tertiary/aromatic N) is 3. The fourth-order valence-electron chi connectivity index (χ4n) is 3.39. The second-order valence-electron chi connectivity index (χ2n) is 7.05. The van der Waals surface area contributed by atoms with Crippen LogP contribution in [0.1, 0.15) is 50.8 Å². The van der Waals surface area contributed by atoms with Gasteiger partial charge in [-0.1, -0.05) is 30.7 Å². The number of anilines is 2. The van der Waals surface area contributed by atoms with Crippen LogP contribution in [-0.4, -0.2) is 18.8 Å². The molecule has 0 heterocycles. The summed E-state index contributed by atoms with van der Waals surface area (Å²) in [6.45, 7) is 11.8. The normalized spacial score (nSPS) is 12.4. The van der Waals surface area contributed by atoms with Crippen LogP contribution in [0.15, 0.2) is 47.1 Å². The zero-order chi connectivity index (χ0) is 21.6. The largest absolute Gasteiger partial charge is 0.402 e. The zero-order valence-electron chi connectivity index (χ0n) is 17.9. The van der Waals surface area contributed by atoms with E-state index >= 15 is 0 Å². The second kappa shape index (κ2) is 10.1.